The molecule has 0 saturated heterocycles. The van der Waals surface area contributed by atoms with Crippen LogP contribution in [0.2, 0.25) is 0 Å². The number of methoxy groups -OCH3 is 1. The molecule has 0 aliphatic rings. The number of carbonyl (C=O) groups is 1. The van der Waals surface area contributed by atoms with Crippen molar-refractivity contribution < 1.29 is 17.9 Å². The number of anilines is 1. The number of rotatable bonds is 4. The third-order valence-corrected chi connectivity index (χ3v) is 3.62. The molecule has 1 aromatic carbocycles. The molecule has 1 rings (SSSR count). The summed E-state index contributed by atoms with van der Waals surface area (Å²) in [5, 5.41) is 0. The van der Waals surface area contributed by atoms with Crippen LogP contribution in [0.15, 0.2) is 23.1 Å². The molecule has 0 bridgehead atoms. The van der Waals surface area contributed by atoms with Crippen LogP contribution in [0.4, 0.5) is 5.69 Å². The van der Waals surface area contributed by atoms with E-state index in [1.165, 1.54) is 25.3 Å². The van der Waals surface area contributed by atoms with Gasteiger partial charge < -0.3 is 10.5 Å². The third kappa shape index (κ3) is 2.95. The molecule has 0 amide bonds. The smallest absolute Gasteiger partial charge is 0.339 e. The average Bonchev–Trinajstić information content (AvgIpc) is 2.28. The van der Waals surface area contributed by atoms with E-state index in [1.807, 2.05) is 0 Å². The van der Waals surface area contributed by atoms with Crippen molar-refractivity contribution in [2.24, 2.45) is 0 Å². The van der Waals surface area contributed by atoms with Gasteiger partial charge in [0.1, 0.15) is 0 Å². The summed E-state index contributed by atoms with van der Waals surface area (Å²) in [6.45, 7) is 1.86. The molecule has 7 heteroatoms. The molecular weight excluding hydrogens is 244 g/mol. The van der Waals surface area contributed by atoms with Gasteiger partial charge in [-0.15, -0.1) is 0 Å². The quantitative estimate of drug-likeness (QED) is 0.600. The van der Waals surface area contributed by atoms with E-state index in [2.05, 4.69) is 9.46 Å². The van der Waals surface area contributed by atoms with Gasteiger partial charge in [0, 0.05) is 12.2 Å². The topological polar surface area (TPSA) is 98.5 Å². The standard InChI is InChI=1S/C10H14N2O4S/c1-3-12-17(14,15)9-6-7(11)4-5-8(9)10(13)16-2/h4-6,12H,3,11H2,1-2H3. The molecule has 0 spiro atoms. The molecule has 1 aromatic rings. The number of nitrogens with two attached hydrogens (primary N) is 1. The van der Waals surface area contributed by atoms with E-state index >= 15 is 0 Å². The molecule has 0 heterocycles. The van der Waals surface area contributed by atoms with E-state index < -0.39 is 16.0 Å². The van der Waals surface area contributed by atoms with E-state index in [-0.39, 0.29) is 22.7 Å². The highest BCUT2D eigenvalue weighted by atomic mass is 32.2. The van der Waals surface area contributed by atoms with Gasteiger partial charge >= 0.3 is 5.97 Å². The Kier molecular flexibility index (Phi) is 4.08. The van der Waals surface area contributed by atoms with Gasteiger partial charge in [-0.3, -0.25) is 0 Å². The highest BCUT2D eigenvalue weighted by Gasteiger charge is 2.22. The summed E-state index contributed by atoms with van der Waals surface area (Å²) in [6, 6.07) is 3.99. The first-order chi connectivity index (χ1) is 7.92. The molecule has 0 atom stereocenters. The summed E-state index contributed by atoms with van der Waals surface area (Å²) < 4.78 is 30.5. The second kappa shape index (κ2) is 5.15. The second-order valence-corrected chi connectivity index (χ2v) is 4.98. The summed E-state index contributed by atoms with van der Waals surface area (Å²) in [5.74, 6) is -0.721. The lowest BCUT2D eigenvalue weighted by atomic mass is 10.2. The molecule has 94 valence electrons. The Morgan fingerprint density at radius 1 is 1.47 bits per heavy atom. The molecule has 17 heavy (non-hydrogen) atoms. The van der Waals surface area contributed by atoms with E-state index in [0.717, 1.165) is 0 Å². The van der Waals surface area contributed by atoms with Gasteiger partial charge in [-0.1, -0.05) is 6.92 Å². The average molecular weight is 258 g/mol. The van der Waals surface area contributed by atoms with E-state index in [0.29, 0.717) is 0 Å². The van der Waals surface area contributed by atoms with Gasteiger partial charge in [-0.05, 0) is 18.2 Å². The highest BCUT2D eigenvalue weighted by molar-refractivity contribution is 7.89. The van der Waals surface area contributed by atoms with Gasteiger partial charge in [0.05, 0.1) is 17.6 Å². The molecule has 0 radical (unpaired) electrons. The van der Waals surface area contributed by atoms with Crippen LogP contribution in [0.5, 0.6) is 0 Å². The maximum atomic E-state index is 11.9. The molecule has 0 aliphatic heterocycles. The second-order valence-electron chi connectivity index (χ2n) is 3.25. The predicted molar refractivity (Wildman–Crippen MR) is 63.1 cm³/mol. The number of hydrogen-bond acceptors (Lipinski definition) is 5. The Bertz CT molecular complexity index is 525. The summed E-state index contributed by atoms with van der Waals surface area (Å²) in [6.07, 6.45) is 0. The fourth-order valence-electron chi connectivity index (χ4n) is 1.31. The lowest BCUT2D eigenvalue weighted by molar-refractivity contribution is 0.0596. The van der Waals surface area contributed by atoms with Crippen molar-refractivity contribution in [2.45, 2.75) is 11.8 Å². The van der Waals surface area contributed by atoms with Crippen LogP contribution in [0.25, 0.3) is 0 Å². The van der Waals surface area contributed by atoms with Gasteiger partial charge in [-0.25, -0.2) is 17.9 Å². The molecule has 0 unspecified atom stereocenters. The summed E-state index contributed by atoms with van der Waals surface area (Å²) >= 11 is 0. The molecule has 6 nitrogen and oxygen atoms in total. The zero-order valence-electron chi connectivity index (χ0n) is 9.56. The summed E-state index contributed by atoms with van der Waals surface area (Å²) in [7, 11) is -2.57. The number of carbonyl (C=O) groups excluding carboxylic acids is 1. The van der Waals surface area contributed by atoms with Crippen molar-refractivity contribution in [3.63, 3.8) is 0 Å². The summed E-state index contributed by atoms with van der Waals surface area (Å²) in [5.41, 5.74) is 5.74. The number of nitrogen functional groups attached to an aromatic ring is 1. The van der Waals surface area contributed by atoms with Crippen LogP contribution in [-0.4, -0.2) is 28.0 Å². The monoisotopic (exact) mass is 258 g/mol. The van der Waals surface area contributed by atoms with Crippen molar-refractivity contribution in [1.29, 1.82) is 0 Å². The van der Waals surface area contributed by atoms with Crippen molar-refractivity contribution >= 4 is 21.7 Å². The maximum absolute atomic E-state index is 11.9. The largest absolute Gasteiger partial charge is 0.465 e. The molecule has 0 saturated carbocycles. The number of esters is 1. The molecule has 0 aliphatic carbocycles. The van der Waals surface area contributed by atoms with Crippen molar-refractivity contribution in [3.05, 3.63) is 23.8 Å². The van der Waals surface area contributed by atoms with Gasteiger partial charge in [0.2, 0.25) is 10.0 Å². The fraction of sp³-hybridized carbons (Fsp3) is 0.300. The van der Waals surface area contributed by atoms with Crippen LogP contribution in [0.3, 0.4) is 0 Å². The Morgan fingerprint density at radius 2 is 2.12 bits per heavy atom. The third-order valence-electron chi connectivity index (χ3n) is 2.03. The number of nitrogens with one attached hydrogen (secondary N) is 1. The lowest BCUT2D eigenvalue weighted by Gasteiger charge is -2.09. The Balaban J connectivity index is 3.40. The summed E-state index contributed by atoms with van der Waals surface area (Å²) in [4.78, 5) is 11.3. The minimum absolute atomic E-state index is 0.0392. The van der Waals surface area contributed by atoms with Crippen LogP contribution in [-0.2, 0) is 14.8 Å². The zero-order valence-corrected chi connectivity index (χ0v) is 10.4. The number of sulfonamides is 1. The van der Waals surface area contributed by atoms with Gasteiger partial charge in [0.15, 0.2) is 0 Å². The first-order valence-electron chi connectivity index (χ1n) is 4.90. The molecule has 3 N–H and O–H groups in total. The van der Waals surface area contributed by atoms with E-state index in [1.54, 1.807) is 6.92 Å². The van der Waals surface area contributed by atoms with Gasteiger partial charge in [-0.2, -0.15) is 0 Å². The van der Waals surface area contributed by atoms with Crippen molar-refractivity contribution in [3.8, 4) is 0 Å². The number of hydrogen-bond donors (Lipinski definition) is 2. The van der Waals surface area contributed by atoms with E-state index in [9.17, 15) is 13.2 Å². The fourth-order valence-corrected chi connectivity index (χ4v) is 2.58. The van der Waals surface area contributed by atoms with Gasteiger partial charge in [0.25, 0.3) is 0 Å². The first-order valence-corrected chi connectivity index (χ1v) is 6.38. The first kappa shape index (κ1) is 13.5. The SMILES string of the molecule is CCNS(=O)(=O)c1cc(N)ccc1C(=O)OC. The predicted octanol–water partition coefficient (Wildman–Crippen LogP) is 0.354. The lowest BCUT2D eigenvalue weighted by Crippen LogP contribution is -2.25. The van der Waals surface area contributed by atoms with Crippen molar-refractivity contribution in [1.82, 2.24) is 4.72 Å². The number of ether oxygens (including phenoxy) is 1. The molecular formula is C10H14N2O4S. The van der Waals surface area contributed by atoms with Crippen LogP contribution in [0.1, 0.15) is 17.3 Å². The number of benzene rings is 1. The highest BCUT2D eigenvalue weighted by Crippen LogP contribution is 2.19. The Morgan fingerprint density at radius 3 is 2.65 bits per heavy atom. The van der Waals surface area contributed by atoms with Crippen LogP contribution < -0.4 is 10.5 Å². The van der Waals surface area contributed by atoms with Crippen LogP contribution >= 0.6 is 0 Å². The zero-order chi connectivity index (χ0) is 13.1. The van der Waals surface area contributed by atoms with Crippen molar-refractivity contribution in [2.75, 3.05) is 19.4 Å². The minimum Gasteiger partial charge on any atom is -0.465 e. The Labute approximate surface area is 99.8 Å². The Hall–Kier alpha value is -1.60. The maximum Gasteiger partial charge on any atom is 0.339 e. The minimum atomic E-state index is -3.75. The molecule has 0 fully saturated rings. The molecule has 0 aromatic heterocycles. The van der Waals surface area contributed by atoms with Crippen LogP contribution in [0, 0.1) is 0 Å². The van der Waals surface area contributed by atoms with E-state index in [4.69, 9.17) is 5.73 Å². The normalized spacial score (nSPS) is 11.2.